The second-order valence-corrected chi connectivity index (χ2v) is 7.52. The molecule has 10 heteroatoms. The molecule has 1 aromatic heterocycles. The van der Waals surface area contributed by atoms with Gasteiger partial charge < -0.3 is 4.52 Å². The summed E-state index contributed by atoms with van der Waals surface area (Å²) in [5.41, 5.74) is 2.49. The molecular formula is C21H17FN6O3. The van der Waals surface area contributed by atoms with Crippen molar-refractivity contribution in [2.24, 2.45) is 10.3 Å². The lowest BCUT2D eigenvalue weighted by molar-refractivity contribution is -0.123. The number of amides is 2. The molecule has 2 aliphatic rings. The van der Waals surface area contributed by atoms with Gasteiger partial charge in [-0.15, -0.1) is 0 Å². The number of hydrogen-bond donors (Lipinski definition) is 0. The van der Waals surface area contributed by atoms with Crippen LogP contribution in [0.1, 0.15) is 17.0 Å². The fraction of sp³-hybridized carbons (Fsp3) is 0.238. The Kier molecular flexibility index (Phi) is 4.35. The third-order valence-corrected chi connectivity index (χ3v) is 5.35. The van der Waals surface area contributed by atoms with Crippen molar-refractivity contribution < 1.29 is 18.5 Å². The molecule has 0 radical (unpaired) electrons. The number of aryl methyl sites for hydroxylation is 2. The normalized spacial score (nSPS) is 20.1. The molecule has 0 bridgehead atoms. The van der Waals surface area contributed by atoms with E-state index in [4.69, 9.17) is 4.52 Å². The number of carbonyl (C=O) groups excluding carboxylic acids is 2. The van der Waals surface area contributed by atoms with Crippen molar-refractivity contribution in [3.8, 4) is 11.4 Å². The summed E-state index contributed by atoms with van der Waals surface area (Å²) < 4.78 is 19.3. The minimum Gasteiger partial charge on any atom is -0.337 e. The number of rotatable bonds is 4. The molecule has 2 atom stereocenters. The maximum absolute atomic E-state index is 14.0. The smallest absolute Gasteiger partial charge is 0.263 e. The molecule has 0 aliphatic carbocycles. The van der Waals surface area contributed by atoms with Gasteiger partial charge in [-0.05, 0) is 31.5 Å². The standard InChI is InChI=1S/C21H17FN6O3/c1-11-3-6-13(7-4-11)19-23-16(31-25-19)10-27-18-17(24-26-27)20(29)28(21(18)30)14-8-5-12(2)15(22)9-14/h3-9,17-18H,10H2,1-2H3/t17-,18-/m1/s1. The number of nitrogens with zero attached hydrogens (tertiary/aromatic N) is 6. The number of fused-ring (bicyclic) bond motifs is 1. The Balaban J connectivity index is 1.36. The van der Waals surface area contributed by atoms with Crippen LogP contribution in [0.5, 0.6) is 0 Å². The largest absolute Gasteiger partial charge is 0.337 e. The molecule has 3 heterocycles. The molecule has 5 rings (SSSR count). The number of benzene rings is 2. The van der Waals surface area contributed by atoms with Crippen LogP contribution in [0.4, 0.5) is 10.1 Å². The summed E-state index contributed by atoms with van der Waals surface area (Å²) in [6, 6.07) is 9.93. The Morgan fingerprint density at radius 3 is 2.58 bits per heavy atom. The lowest BCUT2D eigenvalue weighted by atomic mass is 10.1. The number of halogens is 1. The number of carbonyl (C=O) groups is 2. The highest BCUT2D eigenvalue weighted by molar-refractivity contribution is 6.25. The number of anilines is 1. The summed E-state index contributed by atoms with van der Waals surface area (Å²) in [5, 5.41) is 13.2. The van der Waals surface area contributed by atoms with E-state index in [1.165, 1.54) is 23.2 Å². The zero-order valence-electron chi connectivity index (χ0n) is 16.7. The van der Waals surface area contributed by atoms with Crippen LogP contribution in [-0.4, -0.2) is 39.0 Å². The Bertz CT molecular complexity index is 1220. The predicted molar refractivity (Wildman–Crippen MR) is 106 cm³/mol. The highest BCUT2D eigenvalue weighted by Crippen LogP contribution is 2.33. The van der Waals surface area contributed by atoms with Gasteiger partial charge in [0.25, 0.3) is 11.8 Å². The monoisotopic (exact) mass is 420 g/mol. The molecule has 31 heavy (non-hydrogen) atoms. The van der Waals surface area contributed by atoms with Gasteiger partial charge in [0.2, 0.25) is 11.7 Å². The van der Waals surface area contributed by atoms with Crippen LogP contribution in [0.3, 0.4) is 0 Å². The van der Waals surface area contributed by atoms with Crippen molar-refractivity contribution in [3.05, 3.63) is 65.3 Å². The Morgan fingerprint density at radius 1 is 1.06 bits per heavy atom. The quantitative estimate of drug-likeness (QED) is 0.601. The molecular weight excluding hydrogens is 403 g/mol. The third-order valence-electron chi connectivity index (χ3n) is 5.35. The van der Waals surface area contributed by atoms with E-state index in [2.05, 4.69) is 20.5 Å². The minimum atomic E-state index is -0.989. The maximum Gasteiger partial charge on any atom is 0.263 e. The molecule has 2 amide bonds. The van der Waals surface area contributed by atoms with Gasteiger partial charge in [-0.25, -0.2) is 9.29 Å². The Hall–Kier alpha value is -3.95. The second-order valence-electron chi connectivity index (χ2n) is 7.52. The van der Waals surface area contributed by atoms with Gasteiger partial charge in [0, 0.05) is 5.56 Å². The van der Waals surface area contributed by atoms with E-state index in [0.29, 0.717) is 11.4 Å². The van der Waals surface area contributed by atoms with Crippen molar-refractivity contribution in [2.75, 3.05) is 4.90 Å². The van der Waals surface area contributed by atoms with Crippen LogP contribution >= 0.6 is 0 Å². The Morgan fingerprint density at radius 2 is 1.84 bits per heavy atom. The molecule has 2 aliphatic heterocycles. The molecule has 0 N–H and O–H groups in total. The summed E-state index contributed by atoms with van der Waals surface area (Å²) in [6.45, 7) is 3.60. The van der Waals surface area contributed by atoms with Crippen LogP contribution in [0, 0.1) is 19.7 Å². The van der Waals surface area contributed by atoms with Crippen molar-refractivity contribution in [1.29, 1.82) is 0 Å². The van der Waals surface area contributed by atoms with E-state index in [0.717, 1.165) is 16.0 Å². The minimum absolute atomic E-state index is 0.0125. The van der Waals surface area contributed by atoms with Crippen LogP contribution in [-0.2, 0) is 16.1 Å². The van der Waals surface area contributed by atoms with Crippen molar-refractivity contribution in [1.82, 2.24) is 15.1 Å². The molecule has 1 fully saturated rings. The molecule has 0 saturated carbocycles. The van der Waals surface area contributed by atoms with Gasteiger partial charge in [0.05, 0.1) is 5.69 Å². The lowest BCUT2D eigenvalue weighted by Gasteiger charge is -2.19. The highest BCUT2D eigenvalue weighted by atomic mass is 19.1. The second kappa shape index (κ2) is 7.08. The molecule has 0 unspecified atom stereocenters. The number of aromatic nitrogens is 2. The summed E-state index contributed by atoms with van der Waals surface area (Å²) >= 11 is 0. The number of hydrogen-bond acceptors (Lipinski definition) is 8. The van der Waals surface area contributed by atoms with Gasteiger partial charge in [0.15, 0.2) is 12.1 Å². The fourth-order valence-corrected chi connectivity index (χ4v) is 3.61. The molecule has 3 aromatic rings. The van der Waals surface area contributed by atoms with Crippen molar-refractivity contribution in [3.63, 3.8) is 0 Å². The van der Waals surface area contributed by atoms with Crippen LogP contribution in [0.2, 0.25) is 0 Å². The summed E-state index contributed by atoms with van der Waals surface area (Å²) in [6.07, 6.45) is 0. The van der Waals surface area contributed by atoms with Crippen molar-refractivity contribution >= 4 is 17.5 Å². The van der Waals surface area contributed by atoms with E-state index >= 15 is 0 Å². The van der Waals surface area contributed by atoms with E-state index in [9.17, 15) is 14.0 Å². The Labute approximate surface area is 176 Å². The summed E-state index contributed by atoms with van der Waals surface area (Å²) in [4.78, 5) is 31.1. The molecule has 0 spiro atoms. The van der Waals surface area contributed by atoms with Gasteiger partial charge >= 0.3 is 0 Å². The first-order chi connectivity index (χ1) is 14.9. The first-order valence-corrected chi connectivity index (χ1v) is 9.63. The van der Waals surface area contributed by atoms with Gasteiger partial charge in [-0.3, -0.25) is 14.6 Å². The van der Waals surface area contributed by atoms with Gasteiger partial charge in [-0.1, -0.05) is 46.3 Å². The lowest BCUT2D eigenvalue weighted by Crippen LogP contribution is -2.39. The van der Waals surface area contributed by atoms with E-state index < -0.39 is 29.7 Å². The zero-order valence-corrected chi connectivity index (χ0v) is 16.7. The van der Waals surface area contributed by atoms with E-state index in [-0.39, 0.29) is 18.1 Å². The first kappa shape index (κ1) is 19.0. The zero-order chi connectivity index (χ0) is 21.7. The summed E-state index contributed by atoms with van der Waals surface area (Å²) in [5.74, 6) is -0.927. The van der Waals surface area contributed by atoms with Crippen LogP contribution < -0.4 is 4.90 Å². The van der Waals surface area contributed by atoms with Gasteiger partial charge in [0.1, 0.15) is 12.4 Å². The van der Waals surface area contributed by atoms with Gasteiger partial charge in [-0.2, -0.15) is 10.1 Å². The first-order valence-electron chi connectivity index (χ1n) is 9.63. The number of imide groups is 1. The average molecular weight is 420 g/mol. The average Bonchev–Trinajstić information content (AvgIpc) is 3.44. The summed E-state index contributed by atoms with van der Waals surface area (Å²) in [7, 11) is 0. The molecule has 156 valence electrons. The molecule has 9 nitrogen and oxygen atoms in total. The highest BCUT2D eigenvalue weighted by Gasteiger charge is 2.55. The van der Waals surface area contributed by atoms with Crippen LogP contribution in [0.25, 0.3) is 11.4 Å². The molecule has 2 aromatic carbocycles. The SMILES string of the molecule is Cc1ccc(-c2noc(CN3N=N[C@H]4C(=O)N(c5ccc(C)c(F)c5)C(=O)[C@@H]43)n2)cc1. The van der Waals surface area contributed by atoms with E-state index in [1.54, 1.807) is 6.92 Å². The third kappa shape index (κ3) is 3.16. The van der Waals surface area contributed by atoms with E-state index in [1.807, 2.05) is 31.2 Å². The topological polar surface area (TPSA) is 104 Å². The van der Waals surface area contributed by atoms with Crippen LogP contribution in [0.15, 0.2) is 57.3 Å². The molecule has 1 saturated heterocycles. The fourth-order valence-electron chi connectivity index (χ4n) is 3.61. The maximum atomic E-state index is 14.0. The van der Waals surface area contributed by atoms with Crippen molar-refractivity contribution in [2.45, 2.75) is 32.5 Å². The predicted octanol–water partition coefficient (Wildman–Crippen LogP) is 2.99.